The first-order valence-corrected chi connectivity index (χ1v) is 10.6. The van der Waals surface area contributed by atoms with Crippen LogP contribution in [-0.2, 0) is 20.2 Å². The van der Waals surface area contributed by atoms with Crippen LogP contribution in [0.15, 0.2) is 59.5 Å². The quantitative estimate of drug-likeness (QED) is 0.637. The van der Waals surface area contributed by atoms with Crippen molar-refractivity contribution >= 4 is 34.0 Å². The molecule has 0 heterocycles. The van der Waals surface area contributed by atoms with Gasteiger partial charge in [0.2, 0.25) is 15.9 Å². The predicted octanol–water partition coefficient (Wildman–Crippen LogP) is 2.80. The highest BCUT2D eigenvalue weighted by Gasteiger charge is 2.42. The minimum atomic E-state index is -3.65. The third kappa shape index (κ3) is 4.72. The molecule has 3 rings (SSSR count). The number of hydrogen-bond donors (Lipinski definition) is 3. The van der Waals surface area contributed by atoms with Crippen LogP contribution in [0.3, 0.4) is 0 Å². The fourth-order valence-corrected chi connectivity index (χ4v) is 4.74. The number of benzene rings is 2. The van der Waals surface area contributed by atoms with Crippen molar-refractivity contribution in [2.24, 2.45) is 5.73 Å². The van der Waals surface area contributed by atoms with Gasteiger partial charge in [0.15, 0.2) is 0 Å². The number of carbonyl (C=O) groups is 1. The minimum absolute atomic E-state index is 0. The van der Waals surface area contributed by atoms with Crippen molar-refractivity contribution in [3.05, 3.63) is 60.2 Å². The summed E-state index contributed by atoms with van der Waals surface area (Å²) in [6, 6.07) is 16.1. The SMILES string of the molecule is Cl.NCCNS(=O)(=O)c1cccc(NC(=O)C2(c3ccccc3)CCCC2)c1. The first-order chi connectivity index (χ1) is 13.0. The van der Waals surface area contributed by atoms with Gasteiger partial charge in [0.25, 0.3) is 0 Å². The maximum absolute atomic E-state index is 13.2. The van der Waals surface area contributed by atoms with Crippen LogP contribution < -0.4 is 15.8 Å². The average molecular weight is 424 g/mol. The van der Waals surface area contributed by atoms with Crippen molar-refractivity contribution in [1.82, 2.24) is 4.72 Å². The molecule has 0 aromatic heterocycles. The summed E-state index contributed by atoms with van der Waals surface area (Å²) in [6.07, 6.45) is 3.58. The lowest BCUT2D eigenvalue weighted by molar-refractivity contribution is -0.121. The van der Waals surface area contributed by atoms with Crippen LogP contribution in [-0.4, -0.2) is 27.4 Å². The van der Waals surface area contributed by atoms with Crippen LogP contribution in [0.1, 0.15) is 31.2 Å². The lowest BCUT2D eigenvalue weighted by atomic mass is 9.78. The van der Waals surface area contributed by atoms with E-state index in [-0.39, 0.29) is 36.3 Å². The van der Waals surface area contributed by atoms with Crippen molar-refractivity contribution in [3.63, 3.8) is 0 Å². The fraction of sp³-hybridized carbons (Fsp3) is 0.350. The number of nitrogens with two attached hydrogens (primary N) is 1. The summed E-state index contributed by atoms with van der Waals surface area (Å²) in [6.45, 7) is 0.380. The number of carbonyl (C=O) groups excluding carboxylic acids is 1. The monoisotopic (exact) mass is 423 g/mol. The minimum Gasteiger partial charge on any atom is -0.329 e. The van der Waals surface area contributed by atoms with Gasteiger partial charge in [-0.3, -0.25) is 4.79 Å². The van der Waals surface area contributed by atoms with Crippen molar-refractivity contribution < 1.29 is 13.2 Å². The highest BCUT2D eigenvalue weighted by atomic mass is 35.5. The zero-order chi connectivity index (χ0) is 19.3. The van der Waals surface area contributed by atoms with Gasteiger partial charge < -0.3 is 11.1 Å². The fourth-order valence-electron chi connectivity index (χ4n) is 3.65. The normalized spacial score (nSPS) is 15.6. The Morgan fingerprint density at radius 3 is 2.36 bits per heavy atom. The molecule has 152 valence electrons. The maximum Gasteiger partial charge on any atom is 0.240 e. The summed E-state index contributed by atoms with van der Waals surface area (Å²) in [7, 11) is -3.65. The van der Waals surface area contributed by atoms with Gasteiger partial charge in [-0.05, 0) is 36.6 Å². The molecule has 8 heteroatoms. The largest absolute Gasteiger partial charge is 0.329 e. The number of hydrogen-bond acceptors (Lipinski definition) is 4. The Labute approximate surface area is 172 Å². The average Bonchev–Trinajstić information content (AvgIpc) is 3.19. The molecule has 0 bridgehead atoms. The molecule has 28 heavy (non-hydrogen) atoms. The lowest BCUT2D eigenvalue weighted by Gasteiger charge is -2.28. The van der Waals surface area contributed by atoms with Crippen LogP contribution in [0.25, 0.3) is 0 Å². The number of amides is 1. The van der Waals surface area contributed by atoms with E-state index < -0.39 is 15.4 Å². The summed E-state index contributed by atoms with van der Waals surface area (Å²) < 4.78 is 27.0. The van der Waals surface area contributed by atoms with E-state index >= 15 is 0 Å². The molecule has 0 saturated heterocycles. The maximum atomic E-state index is 13.2. The predicted molar refractivity (Wildman–Crippen MR) is 113 cm³/mol. The molecule has 1 fully saturated rings. The number of rotatable bonds is 7. The summed E-state index contributed by atoms with van der Waals surface area (Å²) in [5, 5.41) is 2.94. The second-order valence-corrected chi connectivity index (χ2v) is 8.59. The van der Waals surface area contributed by atoms with Gasteiger partial charge in [0, 0.05) is 18.8 Å². The van der Waals surface area contributed by atoms with Crippen LogP contribution in [0.2, 0.25) is 0 Å². The number of sulfonamides is 1. The van der Waals surface area contributed by atoms with Gasteiger partial charge >= 0.3 is 0 Å². The van der Waals surface area contributed by atoms with Gasteiger partial charge in [0.1, 0.15) is 0 Å². The Kier molecular flexibility index (Phi) is 7.60. The topological polar surface area (TPSA) is 101 Å². The molecule has 0 atom stereocenters. The molecule has 1 saturated carbocycles. The first kappa shape index (κ1) is 22.4. The van der Waals surface area contributed by atoms with Crippen LogP contribution in [0.4, 0.5) is 5.69 Å². The Balaban J connectivity index is 0.00000280. The van der Waals surface area contributed by atoms with Crippen molar-refractivity contribution in [3.8, 4) is 0 Å². The Morgan fingerprint density at radius 2 is 1.71 bits per heavy atom. The third-order valence-electron chi connectivity index (χ3n) is 5.06. The molecular weight excluding hydrogens is 398 g/mol. The van der Waals surface area contributed by atoms with Crippen molar-refractivity contribution in [2.75, 3.05) is 18.4 Å². The van der Waals surface area contributed by atoms with E-state index in [4.69, 9.17) is 5.73 Å². The molecule has 0 spiro atoms. The Bertz CT molecular complexity index is 898. The van der Waals surface area contributed by atoms with E-state index in [2.05, 4.69) is 10.0 Å². The van der Waals surface area contributed by atoms with Gasteiger partial charge in [-0.15, -0.1) is 12.4 Å². The molecule has 1 aliphatic rings. The summed E-state index contributed by atoms with van der Waals surface area (Å²) >= 11 is 0. The lowest BCUT2D eigenvalue weighted by Crippen LogP contribution is -2.38. The third-order valence-corrected chi connectivity index (χ3v) is 6.52. The molecule has 0 aliphatic heterocycles. The number of anilines is 1. The zero-order valence-corrected chi connectivity index (χ0v) is 17.2. The summed E-state index contributed by atoms with van der Waals surface area (Å²) in [5.74, 6) is -0.0873. The van der Waals surface area contributed by atoms with Gasteiger partial charge in [-0.2, -0.15) is 0 Å². The van der Waals surface area contributed by atoms with Crippen molar-refractivity contribution in [2.45, 2.75) is 36.0 Å². The van der Waals surface area contributed by atoms with E-state index in [0.29, 0.717) is 5.69 Å². The van der Waals surface area contributed by atoms with E-state index in [1.54, 1.807) is 12.1 Å². The molecule has 2 aromatic carbocycles. The molecule has 1 aliphatic carbocycles. The van der Waals surface area contributed by atoms with Gasteiger partial charge in [0.05, 0.1) is 10.3 Å². The van der Waals surface area contributed by atoms with Crippen LogP contribution in [0.5, 0.6) is 0 Å². The van der Waals surface area contributed by atoms with Gasteiger partial charge in [-0.25, -0.2) is 13.1 Å². The first-order valence-electron chi connectivity index (χ1n) is 9.15. The smallest absolute Gasteiger partial charge is 0.240 e. The second-order valence-electron chi connectivity index (χ2n) is 6.82. The number of halogens is 1. The molecule has 4 N–H and O–H groups in total. The van der Waals surface area contributed by atoms with E-state index in [1.165, 1.54) is 12.1 Å². The molecule has 0 unspecified atom stereocenters. The van der Waals surface area contributed by atoms with Crippen molar-refractivity contribution in [1.29, 1.82) is 0 Å². The van der Waals surface area contributed by atoms with Gasteiger partial charge in [-0.1, -0.05) is 49.2 Å². The van der Waals surface area contributed by atoms with Crippen LogP contribution >= 0.6 is 12.4 Å². The Hall–Kier alpha value is -1.93. The number of nitrogens with one attached hydrogen (secondary N) is 2. The second kappa shape index (κ2) is 9.52. The molecule has 0 radical (unpaired) electrons. The van der Waals surface area contributed by atoms with E-state index in [1.807, 2.05) is 30.3 Å². The highest BCUT2D eigenvalue weighted by molar-refractivity contribution is 7.89. The summed E-state index contributed by atoms with van der Waals surface area (Å²) in [4.78, 5) is 13.3. The molecule has 2 aromatic rings. The molecule has 6 nitrogen and oxygen atoms in total. The molecule has 1 amide bonds. The van der Waals surface area contributed by atoms with E-state index in [9.17, 15) is 13.2 Å². The Morgan fingerprint density at radius 1 is 1.04 bits per heavy atom. The zero-order valence-electron chi connectivity index (χ0n) is 15.6. The summed E-state index contributed by atoms with van der Waals surface area (Å²) in [5.41, 5.74) is 6.28. The van der Waals surface area contributed by atoms with E-state index in [0.717, 1.165) is 31.2 Å². The standard InChI is InChI=1S/C20H25N3O3S.ClH/c21-13-14-22-27(25,26)18-10-6-9-17(15-18)23-19(24)20(11-4-5-12-20)16-7-2-1-3-8-16;/h1-3,6-10,15,22H,4-5,11-14,21H2,(H,23,24);1H. The van der Waals surface area contributed by atoms with Crippen LogP contribution in [0, 0.1) is 0 Å². The molecular formula is C20H26ClN3O3S. The highest BCUT2D eigenvalue weighted by Crippen LogP contribution is 2.42.